The van der Waals surface area contributed by atoms with Gasteiger partial charge in [0.2, 0.25) is 0 Å². The first-order valence-corrected chi connectivity index (χ1v) is 8.72. The van der Waals surface area contributed by atoms with Crippen LogP contribution in [0, 0.1) is 20.8 Å². The summed E-state index contributed by atoms with van der Waals surface area (Å²) in [6.07, 6.45) is 0.111. The second-order valence-corrected chi connectivity index (χ2v) is 6.12. The van der Waals surface area contributed by atoms with Gasteiger partial charge in [0.15, 0.2) is 6.10 Å². The SMILES string of the molecule is CCC(Oc1ccccc1C)C(=O)NCCOc1cccc(C)c1C. The van der Waals surface area contributed by atoms with E-state index in [1.807, 2.05) is 57.2 Å². The van der Waals surface area contributed by atoms with Crippen LogP contribution < -0.4 is 14.8 Å². The van der Waals surface area contributed by atoms with E-state index in [-0.39, 0.29) is 5.91 Å². The minimum atomic E-state index is -0.498. The molecule has 0 fully saturated rings. The molecule has 4 nitrogen and oxygen atoms in total. The molecule has 0 saturated heterocycles. The summed E-state index contributed by atoms with van der Waals surface area (Å²) in [7, 11) is 0. The lowest BCUT2D eigenvalue weighted by Crippen LogP contribution is -2.39. The Morgan fingerprint density at radius 2 is 1.68 bits per heavy atom. The summed E-state index contributed by atoms with van der Waals surface area (Å²) in [5.74, 6) is 1.49. The van der Waals surface area contributed by atoms with Crippen LogP contribution in [0.15, 0.2) is 42.5 Å². The van der Waals surface area contributed by atoms with Crippen molar-refractivity contribution in [3.8, 4) is 11.5 Å². The van der Waals surface area contributed by atoms with E-state index >= 15 is 0 Å². The van der Waals surface area contributed by atoms with Crippen LogP contribution in [0.25, 0.3) is 0 Å². The highest BCUT2D eigenvalue weighted by Crippen LogP contribution is 2.20. The number of hydrogen-bond donors (Lipinski definition) is 1. The molecule has 1 unspecified atom stereocenters. The van der Waals surface area contributed by atoms with E-state index in [1.165, 1.54) is 5.56 Å². The molecule has 4 heteroatoms. The first-order chi connectivity index (χ1) is 12.0. The minimum absolute atomic E-state index is 0.115. The van der Waals surface area contributed by atoms with E-state index in [4.69, 9.17) is 9.47 Å². The number of ether oxygens (including phenoxy) is 2. The molecular formula is C21H27NO3. The lowest BCUT2D eigenvalue weighted by molar-refractivity contribution is -0.128. The Bertz CT molecular complexity index is 712. The summed E-state index contributed by atoms with van der Waals surface area (Å²) in [6.45, 7) is 8.87. The van der Waals surface area contributed by atoms with Gasteiger partial charge < -0.3 is 14.8 Å². The van der Waals surface area contributed by atoms with Crippen molar-refractivity contribution in [2.75, 3.05) is 13.2 Å². The zero-order valence-corrected chi connectivity index (χ0v) is 15.5. The third-order valence-corrected chi connectivity index (χ3v) is 4.24. The number of rotatable bonds is 8. The summed E-state index contributed by atoms with van der Waals surface area (Å²) in [6, 6.07) is 13.7. The van der Waals surface area contributed by atoms with Crippen molar-refractivity contribution in [1.82, 2.24) is 5.32 Å². The second kappa shape index (κ2) is 9.11. The molecule has 1 atom stereocenters. The first-order valence-electron chi connectivity index (χ1n) is 8.72. The van der Waals surface area contributed by atoms with Gasteiger partial charge in [0.05, 0.1) is 6.54 Å². The second-order valence-electron chi connectivity index (χ2n) is 6.12. The predicted octanol–water partition coefficient (Wildman–Crippen LogP) is 3.96. The Morgan fingerprint density at radius 3 is 2.40 bits per heavy atom. The maximum Gasteiger partial charge on any atom is 0.261 e. The van der Waals surface area contributed by atoms with Gasteiger partial charge in [0, 0.05) is 0 Å². The fourth-order valence-electron chi connectivity index (χ4n) is 2.49. The van der Waals surface area contributed by atoms with Crippen molar-refractivity contribution in [1.29, 1.82) is 0 Å². The Balaban J connectivity index is 1.82. The monoisotopic (exact) mass is 341 g/mol. The van der Waals surface area contributed by atoms with Crippen LogP contribution in [-0.2, 0) is 4.79 Å². The summed E-state index contributed by atoms with van der Waals surface area (Å²) >= 11 is 0. The van der Waals surface area contributed by atoms with E-state index < -0.39 is 6.10 Å². The molecule has 0 saturated carbocycles. The molecule has 2 aromatic carbocycles. The number of aryl methyl sites for hydroxylation is 2. The largest absolute Gasteiger partial charge is 0.491 e. The molecular weight excluding hydrogens is 314 g/mol. The molecule has 1 amide bonds. The van der Waals surface area contributed by atoms with E-state index in [1.54, 1.807) is 0 Å². The van der Waals surface area contributed by atoms with Gasteiger partial charge in [-0.1, -0.05) is 37.3 Å². The lowest BCUT2D eigenvalue weighted by atomic mass is 10.1. The maximum absolute atomic E-state index is 12.3. The Kier molecular flexibility index (Phi) is 6.87. The highest BCUT2D eigenvalue weighted by Gasteiger charge is 2.18. The molecule has 134 valence electrons. The van der Waals surface area contributed by atoms with Crippen LogP contribution in [0.1, 0.15) is 30.0 Å². The van der Waals surface area contributed by atoms with Gasteiger partial charge in [-0.25, -0.2) is 0 Å². The highest BCUT2D eigenvalue weighted by molar-refractivity contribution is 5.81. The van der Waals surface area contributed by atoms with Crippen molar-refractivity contribution in [3.05, 3.63) is 59.2 Å². The average molecular weight is 341 g/mol. The zero-order chi connectivity index (χ0) is 18.2. The summed E-state index contributed by atoms with van der Waals surface area (Å²) < 4.78 is 11.6. The zero-order valence-electron chi connectivity index (χ0n) is 15.5. The third kappa shape index (κ3) is 5.24. The summed E-state index contributed by atoms with van der Waals surface area (Å²) in [4.78, 5) is 12.3. The highest BCUT2D eigenvalue weighted by atomic mass is 16.5. The quantitative estimate of drug-likeness (QED) is 0.739. The smallest absolute Gasteiger partial charge is 0.261 e. The molecule has 0 spiro atoms. The summed E-state index contributed by atoms with van der Waals surface area (Å²) in [5.41, 5.74) is 3.34. The van der Waals surface area contributed by atoms with Crippen molar-refractivity contribution < 1.29 is 14.3 Å². The molecule has 2 aromatic rings. The van der Waals surface area contributed by atoms with Gasteiger partial charge in [-0.3, -0.25) is 4.79 Å². The Morgan fingerprint density at radius 1 is 1.00 bits per heavy atom. The maximum atomic E-state index is 12.3. The molecule has 0 heterocycles. The van der Waals surface area contributed by atoms with Crippen LogP contribution in [0.4, 0.5) is 0 Å². The first kappa shape index (κ1) is 18.8. The molecule has 0 aliphatic carbocycles. The van der Waals surface area contributed by atoms with E-state index in [2.05, 4.69) is 18.3 Å². The molecule has 0 aliphatic rings. The van der Waals surface area contributed by atoms with Crippen LogP contribution >= 0.6 is 0 Å². The van der Waals surface area contributed by atoms with Gasteiger partial charge in [0.25, 0.3) is 5.91 Å². The third-order valence-electron chi connectivity index (χ3n) is 4.24. The molecule has 2 rings (SSSR count). The Labute approximate surface area is 150 Å². The van der Waals surface area contributed by atoms with Crippen LogP contribution in [-0.4, -0.2) is 25.2 Å². The summed E-state index contributed by atoms with van der Waals surface area (Å²) in [5, 5.41) is 2.89. The standard InChI is InChI=1S/C21H27NO3/c1-5-18(25-19-11-7-6-9-16(19)3)21(23)22-13-14-24-20-12-8-10-15(2)17(20)4/h6-12,18H,5,13-14H2,1-4H3,(H,22,23). The average Bonchev–Trinajstić information content (AvgIpc) is 2.61. The van der Waals surface area contributed by atoms with Crippen molar-refractivity contribution >= 4 is 5.91 Å². The van der Waals surface area contributed by atoms with Crippen LogP contribution in [0.2, 0.25) is 0 Å². The van der Waals surface area contributed by atoms with Crippen LogP contribution in [0.5, 0.6) is 11.5 Å². The van der Waals surface area contributed by atoms with Crippen molar-refractivity contribution in [2.24, 2.45) is 0 Å². The van der Waals surface area contributed by atoms with E-state index in [0.29, 0.717) is 19.6 Å². The van der Waals surface area contributed by atoms with Gasteiger partial charge in [-0.2, -0.15) is 0 Å². The van der Waals surface area contributed by atoms with Crippen molar-refractivity contribution in [2.45, 2.75) is 40.2 Å². The molecule has 1 N–H and O–H groups in total. The fraction of sp³-hybridized carbons (Fsp3) is 0.381. The molecule has 25 heavy (non-hydrogen) atoms. The number of para-hydroxylation sites is 1. The van der Waals surface area contributed by atoms with Crippen molar-refractivity contribution in [3.63, 3.8) is 0 Å². The Hall–Kier alpha value is -2.49. The topological polar surface area (TPSA) is 47.6 Å². The fourth-order valence-corrected chi connectivity index (χ4v) is 2.49. The van der Waals surface area contributed by atoms with E-state index in [0.717, 1.165) is 22.6 Å². The van der Waals surface area contributed by atoms with Gasteiger partial charge in [-0.15, -0.1) is 0 Å². The van der Waals surface area contributed by atoms with Crippen LogP contribution in [0.3, 0.4) is 0 Å². The predicted molar refractivity (Wildman–Crippen MR) is 100 cm³/mol. The molecule has 0 aromatic heterocycles. The normalized spacial score (nSPS) is 11.7. The number of nitrogens with one attached hydrogen (secondary N) is 1. The van der Waals surface area contributed by atoms with Gasteiger partial charge >= 0.3 is 0 Å². The minimum Gasteiger partial charge on any atom is -0.491 e. The molecule has 0 bridgehead atoms. The number of benzene rings is 2. The van der Waals surface area contributed by atoms with E-state index in [9.17, 15) is 4.79 Å². The number of carbonyl (C=O) groups excluding carboxylic acids is 1. The molecule has 0 aliphatic heterocycles. The van der Waals surface area contributed by atoms with Gasteiger partial charge in [-0.05, 0) is 56.0 Å². The number of amides is 1. The number of hydrogen-bond acceptors (Lipinski definition) is 3. The number of carbonyl (C=O) groups is 1. The van der Waals surface area contributed by atoms with Gasteiger partial charge in [0.1, 0.15) is 18.1 Å². The lowest BCUT2D eigenvalue weighted by Gasteiger charge is -2.18. The molecule has 0 radical (unpaired) electrons.